The van der Waals surface area contributed by atoms with Crippen LogP contribution in [-0.2, 0) is 5.41 Å². The monoisotopic (exact) mass is 436 g/mol. The van der Waals surface area contributed by atoms with Crippen molar-refractivity contribution in [1.82, 2.24) is 14.6 Å². The summed E-state index contributed by atoms with van der Waals surface area (Å²) in [7, 11) is 0. The van der Waals surface area contributed by atoms with Crippen LogP contribution in [0.4, 0.5) is 0 Å². The highest BCUT2D eigenvalue weighted by atomic mass is 127. The summed E-state index contributed by atoms with van der Waals surface area (Å²) in [4.78, 5) is 10.9. The number of rotatable bonds is 1. The molecule has 0 N–H and O–H groups in total. The fourth-order valence-electron chi connectivity index (χ4n) is 2.95. The summed E-state index contributed by atoms with van der Waals surface area (Å²) in [5.74, 6) is 0. The molecule has 3 aromatic heterocycles. The van der Waals surface area contributed by atoms with Crippen LogP contribution in [0.3, 0.4) is 0 Å². The Hall–Kier alpha value is -1.28. The van der Waals surface area contributed by atoms with Crippen molar-refractivity contribution in [3.05, 3.63) is 49.6 Å². The van der Waals surface area contributed by atoms with Crippen LogP contribution in [-0.4, -0.2) is 25.8 Å². The van der Waals surface area contributed by atoms with Crippen LogP contribution in [0, 0.1) is 3.57 Å². The van der Waals surface area contributed by atoms with Gasteiger partial charge in [0.15, 0.2) is 5.65 Å². The highest BCUT2D eigenvalue weighted by Gasteiger charge is 2.44. The van der Waals surface area contributed by atoms with Crippen LogP contribution in [0.2, 0.25) is 0 Å². The van der Waals surface area contributed by atoms with Gasteiger partial charge in [0, 0.05) is 23.4 Å². The van der Waals surface area contributed by atoms with Crippen LogP contribution in [0.5, 0.6) is 0 Å². The summed E-state index contributed by atoms with van der Waals surface area (Å²) < 4.78 is 2.89. The molecule has 6 heteroatoms. The van der Waals surface area contributed by atoms with Gasteiger partial charge < -0.3 is 0 Å². The zero-order valence-electron chi connectivity index (χ0n) is 13.5. The van der Waals surface area contributed by atoms with E-state index < -0.39 is 0 Å². The number of halogens is 1. The summed E-state index contributed by atoms with van der Waals surface area (Å²) >= 11 is 4.01. The Morgan fingerprint density at radius 1 is 1.17 bits per heavy atom. The maximum atomic E-state index is 5.11. The lowest BCUT2D eigenvalue weighted by atomic mass is 9.68. The van der Waals surface area contributed by atoms with E-state index in [0.717, 1.165) is 20.5 Å². The van der Waals surface area contributed by atoms with Crippen LogP contribution in [0.15, 0.2) is 35.0 Å². The second-order valence-corrected chi connectivity index (χ2v) is 8.99. The Bertz CT molecular complexity index is 949. The number of hydrogen-bond acceptors (Lipinski definition) is 4. The van der Waals surface area contributed by atoms with Crippen LogP contribution < -0.4 is 0 Å². The van der Waals surface area contributed by atoms with Gasteiger partial charge >= 0.3 is 0 Å². The van der Waals surface area contributed by atoms with Crippen molar-refractivity contribution in [2.24, 2.45) is 4.99 Å². The van der Waals surface area contributed by atoms with E-state index in [4.69, 9.17) is 4.99 Å². The second-order valence-electron chi connectivity index (χ2n) is 6.91. The van der Waals surface area contributed by atoms with Crippen molar-refractivity contribution in [3.8, 4) is 0 Å². The van der Waals surface area contributed by atoms with Gasteiger partial charge in [-0.15, -0.1) is 11.3 Å². The lowest BCUT2D eigenvalue weighted by molar-refractivity contribution is 0.305. The third kappa shape index (κ3) is 2.11. The van der Waals surface area contributed by atoms with Gasteiger partial charge in [0.1, 0.15) is 0 Å². The van der Waals surface area contributed by atoms with Crippen molar-refractivity contribution in [2.45, 2.75) is 38.6 Å². The molecule has 0 saturated carbocycles. The Morgan fingerprint density at radius 3 is 2.74 bits per heavy atom. The number of fused-ring (bicyclic) bond motifs is 2. The molecule has 0 radical (unpaired) electrons. The minimum absolute atomic E-state index is 0.00441. The summed E-state index contributed by atoms with van der Waals surface area (Å²) in [6.45, 7) is 8.96. The molecule has 0 spiro atoms. The molecule has 1 aliphatic rings. The molecule has 118 valence electrons. The van der Waals surface area contributed by atoms with E-state index in [9.17, 15) is 0 Å². The molecule has 0 fully saturated rings. The predicted octanol–water partition coefficient (Wildman–Crippen LogP) is 4.30. The molecule has 0 aromatic carbocycles. The third-order valence-corrected chi connectivity index (χ3v) is 6.74. The molecule has 0 saturated heterocycles. The van der Waals surface area contributed by atoms with Crippen molar-refractivity contribution < 1.29 is 0 Å². The lowest BCUT2D eigenvalue weighted by Gasteiger charge is -2.43. The van der Waals surface area contributed by atoms with Crippen LogP contribution >= 0.6 is 33.9 Å². The number of aliphatic imine (C=N–C) groups is 1. The average molecular weight is 436 g/mol. The molecule has 0 aliphatic carbocycles. The number of aromatic nitrogens is 3. The molecular weight excluding hydrogens is 419 g/mol. The van der Waals surface area contributed by atoms with Gasteiger partial charge in [-0.05, 0) is 53.4 Å². The molecule has 0 amide bonds. The van der Waals surface area contributed by atoms with Gasteiger partial charge in [-0.1, -0.05) is 13.8 Å². The Balaban J connectivity index is 1.95. The van der Waals surface area contributed by atoms with Crippen molar-refractivity contribution in [1.29, 1.82) is 0 Å². The van der Waals surface area contributed by atoms with Gasteiger partial charge in [-0.3, -0.25) is 4.99 Å². The highest BCUT2D eigenvalue weighted by Crippen LogP contribution is 2.45. The summed E-state index contributed by atoms with van der Waals surface area (Å²) in [5, 5.41) is 6.54. The van der Waals surface area contributed by atoms with Gasteiger partial charge in [-0.25, -0.2) is 9.50 Å². The summed E-state index contributed by atoms with van der Waals surface area (Å²) in [6.07, 6.45) is 5.77. The van der Waals surface area contributed by atoms with Gasteiger partial charge in [0.2, 0.25) is 0 Å². The fourth-order valence-corrected chi connectivity index (χ4v) is 4.52. The van der Waals surface area contributed by atoms with Crippen molar-refractivity contribution >= 4 is 45.3 Å². The van der Waals surface area contributed by atoms with Crippen LogP contribution in [0.25, 0.3) is 5.65 Å². The first-order valence-electron chi connectivity index (χ1n) is 7.49. The van der Waals surface area contributed by atoms with E-state index in [1.54, 1.807) is 11.3 Å². The van der Waals surface area contributed by atoms with Gasteiger partial charge in [-0.2, -0.15) is 5.10 Å². The lowest BCUT2D eigenvalue weighted by Crippen LogP contribution is -2.45. The summed E-state index contributed by atoms with van der Waals surface area (Å²) in [5.41, 5.74) is 4.13. The first kappa shape index (κ1) is 15.3. The number of nitrogens with zero attached hydrogens (tertiary/aromatic N) is 4. The van der Waals surface area contributed by atoms with E-state index in [1.165, 1.54) is 10.4 Å². The van der Waals surface area contributed by atoms with Crippen molar-refractivity contribution in [3.63, 3.8) is 0 Å². The molecule has 1 aliphatic heterocycles. The molecule has 4 rings (SSSR count). The quantitative estimate of drug-likeness (QED) is 0.534. The molecule has 0 atom stereocenters. The topological polar surface area (TPSA) is 42.5 Å². The molecule has 23 heavy (non-hydrogen) atoms. The largest absolute Gasteiger partial charge is 0.276 e. The smallest absolute Gasteiger partial charge is 0.168 e. The Labute approximate surface area is 152 Å². The van der Waals surface area contributed by atoms with E-state index >= 15 is 0 Å². The zero-order chi connectivity index (χ0) is 16.4. The average Bonchev–Trinajstić information content (AvgIpc) is 3.11. The second kappa shape index (κ2) is 4.86. The van der Waals surface area contributed by atoms with E-state index in [-0.39, 0.29) is 11.0 Å². The minimum Gasteiger partial charge on any atom is -0.276 e. The maximum absolute atomic E-state index is 5.11. The van der Waals surface area contributed by atoms with Gasteiger partial charge in [0.05, 0.1) is 25.9 Å². The highest BCUT2D eigenvalue weighted by molar-refractivity contribution is 14.1. The SMILES string of the molecule is CC1(C)N=C(c2cnc3c(I)cnn3c2)c2sccc2C1(C)C. The van der Waals surface area contributed by atoms with Crippen molar-refractivity contribution in [2.75, 3.05) is 0 Å². The predicted molar refractivity (Wildman–Crippen MR) is 103 cm³/mol. The first-order chi connectivity index (χ1) is 10.8. The zero-order valence-corrected chi connectivity index (χ0v) is 16.4. The molecule has 4 nitrogen and oxygen atoms in total. The third-order valence-electron chi connectivity index (χ3n) is 5.06. The molecule has 0 unspecified atom stereocenters. The maximum Gasteiger partial charge on any atom is 0.168 e. The first-order valence-corrected chi connectivity index (χ1v) is 9.44. The van der Waals surface area contributed by atoms with Crippen LogP contribution in [0.1, 0.15) is 43.7 Å². The van der Waals surface area contributed by atoms with Gasteiger partial charge in [0.25, 0.3) is 0 Å². The summed E-state index contributed by atoms with van der Waals surface area (Å²) in [6, 6.07) is 2.24. The Morgan fingerprint density at radius 2 is 1.96 bits per heavy atom. The molecular formula is C17H17IN4S. The minimum atomic E-state index is -0.177. The normalized spacial score (nSPS) is 18.7. The van der Waals surface area contributed by atoms with E-state index in [0.29, 0.717) is 0 Å². The van der Waals surface area contributed by atoms with E-state index in [1.807, 2.05) is 23.1 Å². The molecule has 3 aromatic rings. The molecule has 0 bridgehead atoms. The Kier molecular flexibility index (Phi) is 3.22. The fraction of sp³-hybridized carbons (Fsp3) is 0.353. The molecule has 4 heterocycles. The number of hydrogen-bond donors (Lipinski definition) is 0. The standard InChI is InChI=1S/C17H17IN4S/c1-16(2)11-5-6-23-14(11)13(21-17(16,3)4)10-7-19-15-12(18)8-20-22(15)9-10/h5-9H,1-4H3. The number of thiophene rings is 1. The van der Waals surface area contributed by atoms with E-state index in [2.05, 4.69) is 71.8 Å².